The van der Waals surface area contributed by atoms with Gasteiger partial charge < -0.3 is 10.6 Å². The molecule has 1 aromatic rings. The molecule has 20 heavy (non-hydrogen) atoms. The molecule has 1 aromatic heterocycles. The van der Waals surface area contributed by atoms with Crippen LogP contribution in [-0.4, -0.2) is 18.6 Å². The predicted octanol–water partition coefficient (Wildman–Crippen LogP) is 4.10. The number of rotatable bonds is 6. The van der Waals surface area contributed by atoms with Crippen LogP contribution in [0.25, 0.3) is 0 Å². The van der Waals surface area contributed by atoms with Gasteiger partial charge in [0.2, 0.25) is 0 Å². The van der Waals surface area contributed by atoms with Crippen molar-refractivity contribution in [1.29, 1.82) is 0 Å². The van der Waals surface area contributed by atoms with Gasteiger partial charge in [-0.2, -0.15) is 0 Å². The molecule has 3 rings (SSSR count). The van der Waals surface area contributed by atoms with Crippen LogP contribution in [0.4, 0.5) is 0 Å². The summed E-state index contributed by atoms with van der Waals surface area (Å²) in [6, 6.07) is 6.46. The van der Waals surface area contributed by atoms with Gasteiger partial charge in [0.15, 0.2) is 0 Å². The molecule has 2 N–H and O–H groups in total. The van der Waals surface area contributed by atoms with E-state index in [2.05, 4.69) is 35.1 Å². The van der Waals surface area contributed by atoms with Gasteiger partial charge in [-0.15, -0.1) is 11.3 Å². The fraction of sp³-hybridized carbons (Fsp3) is 0.765. The average Bonchev–Trinajstić information content (AvgIpc) is 3.18. The normalized spacial score (nSPS) is 26.9. The number of nitrogens with one attached hydrogen (secondary N) is 2. The number of hydrogen-bond donors (Lipinski definition) is 2. The predicted molar refractivity (Wildman–Crippen MR) is 87.3 cm³/mol. The van der Waals surface area contributed by atoms with E-state index in [0.29, 0.717) is 12.1 Å². The van der Waals surface area contributed by atoms with E-state index in [9.17, 15) is 0 Å². The minimum Gasteiger partial charge on any atom is -0.314 e. The first-order chi connectivity index (χ1) is 9.83. The van der Waals surface area contributed by atoms with Crippen molar-refractivity contribution in [2.75, 3.05) is 6.54 Å². The van der Waals surface area contributed by atoms with E-state index in [1.807, 2.05) is 11.3 Å². The summed E-state index contributed by atoms with van der Waals surface area (Å²) in [4.78, 5) is 1.54. The third kappa shape index (κ3) is 3.63. The van der Waals surface area contributed by atoms with E-state index in [1.54, 1.807) is 4.88 Å². The fourth-order valence-electron chi connectivity index (χ4n) is 3.97. The Morgan fingerprint density at radius 1 is 1.30 bits per heavy atom. The average molecular weight is 292 g/mol. The highest BCUT2D eigenvalue weighted by Gasteiger charge is 2.28. The van der Waals surface area contributed by atoms with Crippen molar-refractivity contribution in [3.05, 3.63) is 22.4 Å². The standard InChI is InChI=1S/C17H28N2S/c1-13(12-15-8-4-10-18-15)19-17(14-6-2-3-7-14)16-9-5-11-20-16/h5,9,11,13-15,17-19H,2-4,6-8,10,12H2,1H3. The molecule has 0 spiro atoms. The summed E-state index contributed by atoms with van der Waals surface area (Å²) < 4.78 is 0. The van der Waals surface area contributed by atoms with Gasteiger partial charge in [-0.3, -0.25) is 0 Å². The molecular weight excluding hydrogens is 264 g/mol. The second kappa shape index (κ2) is 7.06. The van der Waals surface area contributed by atoms with E-state index in [0.717, 1.165) is 12.0 Å². The van der Waals surface area contributed by atoms with Gasteiger partial charge in [-0.1, -0.05) is 18.9 Å². The number of thiophene rings is 1. The first-order valence-corrected chi connectivity index (χ1v) is 9.24. The zero-order valence-electron chi connectivity index (χ0n) is 12.6. The molecule has 0 bridgehead atoms. The molecule has 1 aliphatic carbocycles. The lowest BCUT2D eigenvalue weighted by atomic mass is 9.95. The van der Waals surface area contributed by atoms with Crippen molar-refractivity contribution in [3.63, 3.8) is 0 Å². The first-order valence-electron chi connectivity index (χ1n) is 8.36. The molecule has 1 saturated carbocycles. The Kier molecular flexibility index (Phi) is 5.14. The van der Waals surface area contributed by atoms with E-state index in [-0.39, 0.29) is 0 Å². The maximum absolute atomic E-state index is 3.96. The van der Waals surface area contributed by atoms with Gasteiger partial charge in [-0.25, -0.2) is 0 Å². The number of hydrogen-bond acceptors (Lipinski definition) is 3. The fourth-order valence-corrected chi connectivity index (χ4v) is 4.85. The summed E-state index contributed by atoms with van der Waals surface area (Å²) in [5, 5.41) is 9.81. The summed E-state index contributed by atoms with van der Waals surface area (Å²) >= 11 is 1.92. The molecule has 1 saturated heterocycles. The Balaban J connectivity index is 1.60. The lowest BCUT2D eigenvalue weighted by molar-refractivity contribution is 0.319. The van der Waals surface area contributed by atoms with Crippen LogP contribution in [0.15, 0.2) is 17.5 Å². The van der Waals surface area contributed by atoms with Gasteiger partial charge in [0.25, 0.3) is 0 Å². The van der Waals surface area contributed by atoms with Gasteiger partial charge in [0.05, 0.1) is 0 Å². The molecule has 3 heteroatoms. The zero-order chi connectivity index (χ0) is 13.8. The topological polar surface area (TPSA) is 24.1 Å². The monoisotopic (exact) mass is 292 g/mol. The summed E-state index contributed by atoms with van der Waals surface area (Å²) in [6.07, 6.45) is 9.65. The third-order valence-corrected chi connectivity index (χ3v) is 5.94. The van der Waals surface area contributed by atoms with Crippen molar-refractivity contribution in [2.45, 2.75) is 70.0 Å². The quantitative estimate of drug-likeness (QED) is 0.825. The Morgan fingerprint density at radius 2 is 2.15 bits per heavy atom. The second-order valence-electron chi connectivity index (χ2n) is 6.63. The molecule has 0 amide bonds. The van der Waals surface area contributed by atoms with Crippen LogP contribution in [0.3, 0.4) is 0 Å². The smallest absolute Gasteiger partial charge is 0.0445 e. The van der Waals surface area contributed by atoms with Gasteiger partial charge in [-0.05, 0) is 62.9 Å². The molecule has 1 aliphatic heterocycles. The van der Waals surface area contributed by atoms with Crippen LogP contribution < -0.4 is 10.6 Å². The highest BCUT2D eigenvalue weighted by atomic mass is 32.1. The summed E-state index contributed by atoms with van der Waals surface area (Å²) in [5.74, 6) is 0.854. The van der Waals surface area contributed by atoms with Crippen molar-refractivity contribution >= 4 is 11.3 Å². The van der Waals surface area contributed by atoms with E-state index in [4.69, 9.17) is 0 Å². The van der Waals surface area contributed by atoms with E-state index < -0.39 is 0 Å². The minimum atomic E-state index is 0.592. The molecular formula is C17H28N2S. The van der Waals surface area contributed by atoms with Crippen LogP contribution in [0.5, 0.6) is 0 Å². The van der Waals surface area contributed by atoms with Crippen molar-refractivity contribution in [2.24, 2.45) is 5.92 Å². The van der Waals surface area contributed by atoms with Crippen LogP contribution in [0.2, 0.25) is 0 Å². The first kappa shape index (κ1) is 14.6. The lowest BCUT2D eigenvalue weighted by Gasteiger charge is -2.29. The van der Waals surface area contributed by atoms with Crippen molar-refractivity contribution < 1.29 is 0 Å². The molecule has 112 valence electrons. The van der Waals surface area contributed by atoms with Crippen LogP contribution in [-0.2, 0) is 0 Å². The summed E-state index contributed by atoms with van der Waals surface area (Å²) in [7, 11) is 0. The van der Waals surface area contributed by atoms with Crippen molar-refractivity contribution in [1.82, 2.24) is 10.6 Å². The SMILES string of the molecule is CC(CC1CCCN1)NC(c1cccs1)C1CCCC1. The van der Waals surface area contributed by atoms with Crippen LogP contribution in [0.1, 0.15) is 62.8 Å². The Hall–Kier alpha value is -0.380. The molecule has 2 heterocycles. The Bertz CT molecular complexity index is 378. The highest BCUT2D eigenvalue weighted by Crippen LogP contribution is 2.37. The lowest BCUT2D eigenvalue weighted by Crippen LogP contribution is -2.38. The molecule has 0 radical (unpaired) electrons. The van der Waals surface area contributed by atoms with Gasteiger partial charge >= 0.3 is 0 Å². The molecule has 0 aromatic carbocycles. The second-order valence-corrected chi connectivity index (χ2v) is 7.61. The highest BCUT2D eigenvalue weighted by molar-refractivity contribution is 7.10. The Labute approximate surface area is 127 Å². The maximum atomic E-state index is 3.96. The van der Waals surface area contributed by atoms with Gasteiger partial charge in [0, 0.05) is 23.0 Å². The molecule has 2 aliphatic rings. The van der Waals surface area contributed by atoms with E-state index in [1.165, 1.54) is 51.5 Å². The zero-order valence-corrected chi connectivity index (χ0v) is 13.4. The van der Waals surface area contributed by atoms with E-state index >= 15 is 0 Å². The minimum absolute atomic E-state index is 0.592. The molecule has 2 nitrogen and oxygen atoms in total. The maximum Gasteiger partial charge on any atom is 0.0445 e. The van der Waals surface area contributed by atoms with Crippen LogP contribution >= 0.6 is 11.3 Å². The third-order valence-electron chi connectivity index (χ3n) is 4.99. The van der Waals surface area contributed by atoms with Crippen LogP contribution in [0, 0.1) is 5.92 Å². The summed E-state index contributed by atoms with van der Waals surface area (Å²) in [5.41, 5.74) is 0. The summed E-state index contributed by atoms with van der Waals surface area (Å²) in [6.45, 7) is 3.59. The molecule has 3 unspecified atom stereocenters. The Morgan fingerprint density at radius 3 is 2.80 bits per heavy atom. The van der Waals surface area contributed by atoms with Crippen molar-refractivity contribution in [3.8, 4) is 0 Å². The van der Waals surface area contributed by atoms with Gasteiger partial charge in [0.1, 0.15) is 0 Å². The largest absolute Gasteiger partial charge is 0.314 e. The molecule has 3 atom stereocenters. The molecule has 2 fully saturated rings.